The number of ether oxygens (including phenoxy) is 1. The topological polar surface area (TPSA) is 46.5 Å². The second kappa shape index (κ2) is 9.37. The summed E-state index contributed by atoms with van der Waals surface area (Å²) in [6, 6.07) is 24.6. The summed E-state index contributed by atoms with van der Waals surface area (Å²) in [7, 11) is 0. The Balaban J connectivity index is 1.30. The molecule has 0 unspecified atom stereocenters. The molecule has 0 saturated heterocycles. The van der Waals surface area contributed by atoms with Crippen LogP contribution in [0.4, 0.5) is 5.13 Å². The van der Waals surface area contributed by atoms with Crippen molar-refractivity contribution in [1.82, 2.24) is 4.98 Å². The zero-order valence-electron chi connectivity index (χ0n) is 17.0. The molecule has 0 radical (unpaired) electrons. The minimum absolute atomic E-state index is 0.558. The van der Waals surface area contributed by atoms with Crippen molar-refractivity contribution < 1.29 is 4.74 Å². The van der Waals surface area contributed by atoms with Gasteiger partial charge in [0.05, 0.1) is 11.9 Å². The van der Waals surface area contributed by atoms with E-state index in [0.717, 1.165) is 33.3 Å². The number of aryl methyl sites for hydroxylation is 2. The molecule has 0 aliphatic heterocycles. The van der Waals surface area contributed by atoms with E-state index in [1.807, 2.05) is 29.6 Å². The molecule has 0 fully saturated rings. The molecular weight excluding hydrogens is 390 g/mol. The van der Waals surface area contributed by atoms with E-state index in [1.54, 1.807) is 6.21 Å². The van der Waals surface area contributed by atoms with Crippen LogP contribution >= 0.6 is 11.3 Å². The van der Waals surface area contributed by atoms with E-state index in [1.165, 1.54) is 22.5 Å². The van der Waals surface area contributed by atoms with Crippen molar-refractivity contribution in [2.75, 3.05) is 5.43 Å². The summed E-state index contributed by atoms with van der Waals surface area (Å²) in [5.74, 6) is 0.836. The van der Waals surface area contributed by atoms with Gasteiger partial charge in [0.1, 0.15) is 12.4 Å². The highest BCUT2D eigenvalue weighted by atomic mass is 32.1. The third-order valence-electron chi connectivity index (χ3n) is 4.63. The van der Waals surface area contributed by atoms with Crippen LogP contribution < -0.4 is 10.2 Å². The molecule has 0 amide bonds. The molecule has 0 saturated carbocycles. The molecule has 150 valence electrons. The third-order valence-corrected chi connectivity index (χ3v) is 5.38. The summed E-state index contributed by atoms with van der Waals surface area (Å²) in [6.45, 7) is 4.72. The zero-order chi connectivity index (χ0) is 20.8. The summed E-state index contributed by atoms with van der Waals surface area (Å²) >= 11 is 1.54. The maximum absolute atomic E-state index is 5.84. The molecule has 0 atom stereocenters. The molecule has 0 aliphatic carbocycles. The van der Waals surface area contributed by atoms with Crippen LogP contribution in [0.25, 0.3) is 11.3 Å². The smallest absolute Gasteiger partial charge is 0.203 e. The van der Waals surface area contributed by atoms with Crippen molar-refractivity contribution in [3.05, 3.63) is 100 Å². The Labute approximate surface area is 180 Å². The molecular formula is C25H23N3OS. The average Bonchev–Trinajstić information content (AvgIpc) is 3.24. The van der Waals surface area contributed by atoms with Gasteiger partial charge in [-0.3, -0.25) is 5.43 Å². The highest BCUT2D eigenvalue weighted by Gasteiger charge is 2.03. The number of benzene rings is 3. The number of rotatable bonds is 7. The first kappa shape index (κ1) is 19.9. The van der Waals surface area contributed by atoms with Crippen LogP contribution in [0.2, 0.25) is 0 Å². The van der Waals surface area contributed by atoms with Crippen LogP contribution in [0.3, 0.4) is 0 Å². The molecule has 5 heteroatoms. The summed E-state index contributed by atoms with van der Waals surface area (Å²) in [5, 5.41) is 7.09. The van der Waals surface area contributed by atoms with Gasteiger partial charge in [-0.05, 0) is 49.2 Å². The van der Waals surface area contributed by atoms with E-state index in [2.05, 4.69) is 77.9 Å². The Morgan fingerprint density at radius 2 is 1.57 bits per heavy atom. The molecule has 4 aromatic rings. The first-order valence-electron chi connectivity index (χ1n) is 9.76. The zero-order valence-corrected chi connectivity index (χ0v) is 17.8. The number of hydrogen-bond acceptors (Lipinski definition) is 5. The predicted molar refractivity (Wildman–Crippen MR) is 125 cm³/mol. The standard InChI is InChI=1S/C25H23N3OS/c1-18-3-7-21(8-4-18)16-29-23-13-9-20(10-14-23)15-26-28-25-27-24(17-30-25)22-11-5-19(2)6-12-22/h3-15,17H,16H2,1-2H3,(H,27,28)/b26-15-. The minimum Gasteiger partial charge on any atom is -0.489 e. The number of anilines is 1. The number of nitrogens with one attached hydrogen (secondary N) is 1. The number of thiazole rings is 1. The minimum atomic E-state index is 0.558. The first-order chi connectivity index (χ1) is 14.7. The van der Waals surface area contributed by atoms with Crippen molar-refractivity contribution in [1.29, 1.82) is 0 Å². The molecule has 4 rings (SSSR count). The maximum Gasteiger partial charge on any atom is 0.203 e. The van der Waals surface area contributed by atoms with Crippen molar-refractivity contribution in [3.8, 4) is 17.0 Å². The molecule has 1 N–H and O–H groups in total. The molecule has 0 bridgehead atoms. The lowest BCUT2D eigenvalue weighted by molar-refractivity contribution is 0.306. The average molecular weight is 414 g/mol. The van der Waals surface area contributed by atoms with Crippen molar-refractivity contribution in [3.63, 3.8) is 0 Å². The molecule has 4 nitrogen and oxygen atoms in total. The van der Waals surface area contributed by atoms with Gasteiger partial charge in [0.15, 0.2) is 0 Å². The number of hydrogen-bond donors (Lipinski definition) is 1. The Morgan fingerprint density at radius 1 is 0.900 bits per heavy atom. The van der Waals surface area contributed by atoms with Crippen LogP contribution in [-0.4, -0.2) is 11.2 Å². The van der Waals surface area contributed by atoms with Crippen molar-refractivity contribution in [2.24, 2.45) is 5.10 Å². The van der Waals surface area contributed by atoms with E-state index in [4.69, 9.17) is 4.74 Å². The molecule has 30 heavy (non-hydrogen) atoms. The number of nitrogens with zero attached hydrogens (tertiary/aromatic N) is 2. The Kier molecular flexibility index (Phi) is 6.20. The lowest BCUT2D eigenvalue weighted by Gasteiger charge is -2.06. The van der Waals surface area contributed by atoms with Gasteiger partial charge in [0.2, 0.25) is 5.13 Å². The van der Waals surface area contributed by atoms with Crippen LogP contribution in [-0.2, 0) is 6.61 Å². The van der Waals surface area contributed by atoms with Crippen molar-refractivity contribution >= 4 is 22.7 Å². The maximum atomic E-state index is 5.84. The molecule has 3 aromatic carbocycles. The van der Waals surface area contributed by atoms with E-state index >= 15 is 0 Å². The fraction of sp³-hybridized carbons (Fsp3) is 0.120. The third kappa shape index (κ3) is 5.33. The van der Waals surface area contributed by atoms with Crippen molar-refractivity contribution in [2.45, 2.75) is 20.5 Å². The SMILES string of the molecule is Cc1ccc(COc2ccc(/C=N\Nc3nc(-c4ccc(C)cc4)cs3)cc2)cc1. The van der Waals surface area contributed by atoms with E-state index in [-0.39, 0.29) is 0 Å². The molecule has 1 aromatic heterocycles. The monoisotopic (exact) mass is 413 g/mol. The summed E-state index contributed by atoms with van der Waals surface area (Å²) < 4.78 is 5.84. The van der Waals surface area contributed by atoms with Crippen LogP contribution in [0.5, 0.6) is 5.75 Å². The normalized spacial score (nSPS) is 11.0. The fourth-order valence-electron chi connectivity index (χ4n) is 2.85. The summed E-state index contributed by atoms with van der Waals surface area (Å²) in [5.41, 5.74) is 9.70. The lowest BCUT2D eigenvalue weighted by Crippen LogP contribution is -1.95. The van der Waals surface area contributed by atoms with Gasteiger partial charge in [-0.1, -0.05) is 59.7 Å². The largest absolute Gasteiger partial charge is 0.489 e. The number of hydrazone groups is 1. The highest BCUT2D eigenvalue weighted by molar-refractivity contribution is 7.14. The van der Waals surface area contributed by atoms with Crippen LogP contribution in [0.15, 0.2) is 83.3 Å². The quantitative estimate of drug-likeness (QED) is 0.280. The van der Waals surface area contributed by atoms with Gasteiger partial charge in [-0.25, -0.2) is 4.98 Å². The van der Waals surface area contributed by atoms with Gasteiger partial charge in [-0.15, -0.1) is 11.3 Å². The summed E-state index contributed by atoms with van der Waals surface area (Å²) in [4.78, 5) is 4.59. The number of aromatic nitrogens is 1. The second-order valence-electron chi connectivity index (χ2n) is 7.12. The van der Waals surface area contributed by atoms with E-state index in [9.17, 15) is 0 Å². The Morgan fingerprint density at radius 3 is 2.27 bits per heavy atom. The van der Waals surface area contributed by atoms with Gasteiger partial charge in [0, 0.05) is 10.9 Å². The van der Waals surface area contributed by atoms with Gasteiger partial charge in [-0.2, -0.15) is 5.10 Å². The predicted octanol–water partition coefficient (Wildman–Crippen LogP) is 6.45. The molecule has 0 aliphatic rings. The van der Waals surface area contributed by atoms with E-state index < -0.39 is 0 Å². The van der Waals surface area contributed by atoms with Crippen LogP contribution in [0.1, 0.15) is 22.3 Å². The van der Waals surface area contributed by atoms with Gasteiger partial charge < -0.3 is 4.74 Å². The Hall–Kier alpha value is -3.44. The Bertz CT molecular complexity index is 1110. The summed E-state index contributed by atoms with van der Waals surface area (Å²) in [6.07, 6.45) is 1.77. The van der Waals surface area contributed by atoms with E-state index in [0.29, 0.717) is 6.61 Å². The van der Waals surface area contributed by atoms with Crippen LogP contribution in [0, 0.1) is 13.8 Å². The lowest BCUT2D eigenvalue weighted by atomic mass is 10.1. The second-order valence-corrected chi connectivity index (χ2v) is 7.98. The van der Waals surface area contributed by atoms with Gasteiger partial charge >= 0.3 is 0 Å². The molecule has 1 heterocycles. The molecule has 0 spiro atoms. The van der Waals surface area contributed by atoms with Gasteiger partial charge in [0.25, 0.3) is 0 Å². The highest BCUT2D eigenvalue weighted by Crippen LogP contribution is 2.25. The first-order valence-corrected chi connectivity index (χ1v) is 10.6. The fourth-order valence-corrected chi connectivity index (χ4v) is 3.51.